The number of rotatable bonds is 5. The number of nitriles is 1. The van der Waals surface area contributed by atoms with Crippen molar-refractivity contribution in [2.75, 3.05) is 6.79 Å². The number of ether oxygens (including phenoxy) is 2. The van der Waals surface area contributed by atoms with E-state index in [4.69, 9.17) is 9.47 Å². The molecule has 0 spiro atoms. The predicted molar refractivity (Wildman–Crippen MR) is 105 cm³/mol. The van der Waals surface area contributed by atoms with Crippen LogP contribution in [-0.2, 0) is 11.2 Å². The van der Waals surface area contributed by atoms with Gasteiger partial charge >= 0.3 is 0 Å². The molecule has 0 aliphatic carbocycles. The number of hydrogen-bond donors (Lipinski definition) is 1. The van der Waals surface area contributed by atoms with E-state index >= 15 is 0 Å². The van der Waals surface area contributed by atoms with Gasteiger partial charge in [-0.05, 0) is 50.5 Å². The van der Waals surface area contributed by atoms with Gasteiger partial charge in [0, 0.05) is 17.8 Å². The number of aryl methyl sites for hydroxylation is 2. The number of carbonyl (C=O) groups excluding carboxylic acids is 1. The molecule has 29 heavy (non-hydrogen) atoms. The van der Waals surface area contributed by atoms with Gasteiger partial charge in [0.2, 0.25) is 12.7 Å². The van der Waals surface area contributed by atoms with Gasteiger partial charge in [0.05, 0.1) is 12.2 Å². The van der Waals surface area contributed by atoms with Crippen LogP contribution in [0.15, 0.2) is 24.4 Å². The number of nitrogens with one attached hydrogen (secondary N) is 1. The van der Waals surface area contributed by atoms with Crippen molar-refractivity contribution in [2.24, 2.45) is 0 Å². The van der Waals surface area contributed by atoms with Crippen LogP contribution in [0.4, 0.5) is 0 Å². The van der Waals surface area contributed by atoms with Gasteiger partial charge in [-0.25, -0.2) is 9.50 Å². The second-order valence-electron chi connectivity index (χ2n) is 7.07. The van der Waals surface area contributed by atoms with Crippen LogP contribution in [0, 0.1) is 25.2 Å². The van der Waals surface area contributed by atoms with Crippen molar-refractivity contribution in [2.45, 2.75) is 39.7 Å². The third kappa shape index (κ3) is 3.47. The van der Waals surface area contributed by atoms with Crippen molar-refractivity contribution in [1.82, 2.24) is 19.9 Å². The smallest absolute Gasteiger partial charge is 0.231 e. The van der Waals surface area contributed by atoms with Crippen molar-refractivity contribution in [3.05, 3.63) is 52.5 Å². The highest BCUT2D eigenvalue weighted by molar-refractivity contribution is 5.76. The summed E-state index contributed by atoms with van der Waals surface area (Å²) in [6, 6.07) is 7.62. The van der Waals surface area contributed by atoms with Crippen LogP contribution < -0.4 is 14.8 Å². The molecule has 1 aliphatic rings. The first-order valence-corrected chi connectivity index (χ1v) is 9.40. The van der Waals surface area contributed by atoms with E-state index in [1.807, 2.05) is 39.0 Å². The van der Waals surface area contributed by atoms with Gasteiger partial charge in [0.15, 0.2) is 17.1 Å². The number of carbonyl (C=O) groups is 1. The van der Waals surface area contributed by atoms with Crippen molar-refractivity contribution in [1.29, 1.82) is 5.26 Å². The number of nitrogens with zero attached hydrogens (tertiary/aromatic N) is 4. The number of fused-ring (bicyclic) bond motifs is 2. The molecule has 1 aliphatic heterocycles. The lowest BCUT2D eigenvalue weighted by molar-refractivity contribution is -0.121. The largest absolute Gasteiger partial charge is 0.454 e. The Morgan fingerprint density at radius 2 is 2.14 bits per heavy atom. The third-order valence-electron chi connectivity index (χ3n) is 5.21. The second-order valence-corrected chi connectivity index (χ2v) is 7.07. The molecule has 1 amide bonds. The molecule has 1 N–H and O–H groups in total. The van der Waals surface area contributed by atoms with E-state index in [1.54, 1.807) is 4.52 Å². The standard InChI is InChI=1S/C21H21N5O3/c1-12(15-4-6-18-19(8-15)29-11-28-18)24-20(27)7-5-17-13(2)25-21-16(9-22)10-23-26(21)14(17)3/h4,6,8,10,12H,5,7,11H2,1-3H3,(H,24,27). The lowest BCUT2D eigenvalue weighted by Gasteiger charge is -2.16. The zero-order chi connectivity index (χ0) is 20.5. The maximum atomic E-state index is 12.5. The Morgan fingerprint density at radius 1 is 1.34 bits per heavy atom. The van der Waals surface area contributed by atoms with Gasteiger partial charge in [0.25, 0.3) is 0 Å². The van der Waals surface area contributed by atoms with Gasteiger partial charge in [-0.2, -0.15) is 10.4 Å². The van der Waals surface area contributed by atoms with Gasteiger partial charge in [-0.3, -0.25) is 4.79 Å². The summed E-state index contributed by atoms with van der Waals surface area (Å²) in [5, 5.41) is 16.4. The van der Waals surface area contributed by atoms with Crippen LogP contribution in [0.1, 0.15) is 47.5 Å². The summed E-state index contributed by atoms with van der Waals surface area (Å²) in [5.74, 6) is 1.37. The van der Waals surface area contributed by atoms with E-state index < -0.39 is 0 Å². The van der Waals surface area contributed by atoms with Gasteiger partial charge in [-0.1, -0.05) is 6.07 Å². The van der Waals surface area contributed by atoms with E-state index in [-0.39, 0.29) is 18.7 Å². The topological polar surface area (TPSA) is 102 Å². The van der Waals surface area contributed by atoms with Crippen molar-refractivity contribution < 1.29 is 14.3 Å². The van der Waals surface area contributed by atoms with Crippen LogP contribution in [0.5, 0.6) is 11.5 Å². The maximum Gasteiger partial charge on any atom is 0.231 e. The molecule has 0 radical (unpaired) electrons. The molecule has 1 aromatic carbocycles. The quantitative estimate of drug-likeness (QED) is 0.718. The molecule has 2 aromatic heterocycles. The minimum Gasteiger partial charge on any atom is -0.454 e. The van der Waals surface area contributed by atoms with Crippen LogP contribution in [0.2, 0.25) is 0 Å². The van der Waals surface area contributed by atoms with E-state index in [0.29, 0.717) is 29.8 Å². The highest BCUT2D eigenvalue weighted by Crippen LogP contribution is 2.34. The fraction of sp³-hybridized carbons (Fsp3) is 0.333. The van der Waals surface area contributed by atoms with Crippen LogP contribution >= 0.6 is 0 Å². The Kier molecular flexibility index (Phi) is 4.80. The lowest BCUT2D eigenvalue weighted by atomic mass is 10.0. The Hall–Kier alpha value is -3.60. The van der Waals surface area contributed by atoms with Crippen LogP contribution in [0.25, 0.3) is 5.65 Å². The third-order valence-corrected chi connectivity index (χ3v) is 5.21. The monoisotopic (exact) mass is 391 g/mol. The molecule has 0 fully saturated rings. The highest BCUT2D eigenvalue weighted by atomic mass is 16.7. The van der Waals surface area contributed by atoms with Crippen molar-refractivity contribution in [3.8, 4) is 17.6 Å². The Balaban J connectivity index is 1.44. The molecular formula is C21H21N5O3. The number of aromatic nitrogens is 3. The van der Waals surface area contributed by atoms with Crippen LogP contribution in [-0.4, -0.2) is 27.3 Å². The van der Waals surface area contributed by atoms with E-state index in [1.165, 1.54) is 6.20 Å². The molecule has 0 saturated carbocycles. The van der Waals surface area contributed by atoms with Crippen molar-refractivity contribution in [3.63, 3.8) is 0 Å². The average molecular weight is 391 g/mol. The van der Waals surface area contributed by atoms with Gasteiger partial charge in [0.1, 0.15) is 11.6 Å². The molecule has 0 bridgehead atoms. The van der Waals surface area contributed by atoms with E-state index in [2.05, 4.69) is 21.5 Å². The number of amides is 1. The van der Waals surface area contributed by atoms with E-state index in [9.17, 15) is 10.1 Å². The van der Waals surface area contributed by atoms with Crippen LogP contribution in [0.3, 0.4) is 0 Å². The number of benzene rings is 1. The van der Waals surface area contributed by atoms with Gasteiger partial charge in [-0.15, -0.1) is 0 Å². The average Bonchev–Trinajstić information content (AvgIpc) is 3.33. The fourth-order valence-corrected chi connectivity index (χ4v) is 3.57. The molecule has 0 saturated heterocycles. The SMILES string of the molecule is Cc1nc2c(C#N)cnn2c(C)c1CCC(=O)NC(C)c1ccc2c(c1)OCO2. The summed E-state index contributed by atoms with van der Waals surface area (Å²) in [6.07, 6.45) is 2.39. The zero-order valence-corrected chi connectivity index (χ0v) is 16.5. The lowest BCUT2D eigenvalue weighted by Crippen LogP contribution is -2.27. The van der Waals surface area contributed by atoms with Crippen molar-refractivity contribution >= 4 is 11.6 Å². The molecule has 4 rings (SSSR count). The fourth-order valence-electron chi connectivity index (χ4n) is 3.57. The number of hydrogen-bond acceptors (Lipinski definition) is 6. The molecule has 3 aromatic rings. The molecule has 3 heterocycles. The molecular weight excluding hydrogens is 370 g/mol. The minimum atomic E-state index is -0.149. The summed E-state index contributed by atoms with van der Waals surface area (Å²) in [7, 11) is 0. The predicted octanol–water partition coefficient (Wildman–Crippen LogP) is 2.76. The first kappa shape index (κ1) is 18.7. The Bertz CT molecular complexity index is 1150. The summed E-state index contributed by atoms with van der Waals surface area (Å²) in [5.41, 5.74) is 4.62. The summed E-state index contributed by atoms with van der Waals surface area (Å²) < 4.78 is 12.4. The Morgan fingerprint density at radius 3 is 2.93 bits per heavy atom. The highest BCUT2D eigenvalue weighted by Gasteiger charge is 2.18. The zero-order valence-electron chi connectivity index (χ0n) is 16.5. The molecule has 8 heteroatoms. The molecule has 1 atom stereocenters. The first-order valence-electron chi connectivity index (χ1n) is 9.40. The summed E-state index contributed by atoms with van der Waals surface area (Å²) in [6.45, 7) is 5.98. The normalized spacial score (nSPS) is 13.3. The second kappa shape index (κ2) is 7.43. The summed E-state index contributed by atoms with van der Waals surface area (Å²) >= 11 is 0. The Labute approximate surface area is 168 Å². The summed E-state index contributed by atoms with van der Waals surface area (Å²) in [4.78, 5) is 17.0. The van der Waals surface area contributed by atoms with E-state index in [0.717, 1.165) is 28.3 Å². The molecule has 148 valence electrons. The minimum absolute atomic E-state index is 0.0488. The van der Waals surface area contributed by atoms with Gasteiger partial charge < -0.3 is 14.8 Å². The molecule has 1 unspecified atom stereocenters. The first-order chi connectivity index (χ1) is 14.0. The molecule has 8 nitrogen and oxygen atoms in total. The maximum absolute atomic E-state index is 12.5.